The second-order valence-corrected chi connectivity index (χ2v) is 23.5. The monoisotopic (exact) mass is 1310 g/mol. The highest BCUT2D eigenvalue weighted by Gasteiger charge is 2.41. The molecule has 9 amide bonds. The summed E-state index contributed by atoms with van der Waals surface area (Å²) in [4.78, 5) is 163. The van der Waals surface area contributed by atoms with Crippen molar-refractivity contribution in [1.82, 2.24) is 62.4 Å². The zero-order valence-electron chi connectivity index (χ0n) is 52.1. The van der Waals surface area contributed by atoms with E-state index in [1.54, 1.807) is 97.5 Å². The molecule has 0 radical (unpaired) electrons. The Kier molecular flexibility index (Phi) is 23.0. The molecule has 1 aliphatic rings. The number of carbonyl (C=O) groups excluding carboxylic acids is 9. The maximum atomic E-state index is 15.4. The number of H-pyrrole nitrogens is 3. The molecule has 9 rings (SSSR count). The van der Waals surface area contributed by atoms with Gasteiger partial charge in [0.2, 0.25) is 53.2 Å². The van der Waals surface area contributed by atoms with Crippen LogP contribution in [0.15, 0.2) is 146 Å². The van der Waals surface area contributed by atoms with E-state index in [-0.39, 0.29) is 57.2 Å². The Bertz CT molecular complexity index is 4150. The van der Waals surface area contributed by atoms with E-state index >= 15 is 9.59 Å². The van der Waals surface area contributed by atoms with Crippen molar-refractivity contribution in [3.05, 3.63) is 174 Å². The first-order valence-electron chi connectivity index (χ1n) is 31.1. The zero-order valence-corrected chi connectivity index (χ0v) is 52.1. The first-order valence-corrected chi connectivity index (χ1v) is 31.1. The minimum Gasteiger partial charge on any atom is -0.508 e. The van der Waals surface area contributed by atoms with Crippen molar-refractivity contribution in [1.29, 1.82) is 0 Å². The number of carboxylic acids is 2. The van der Waals surface area contributed by atoms with Crippen molar-refractivity contribution in [2.24, 2.45) is 5.73 Å². The fourth-order valence-electron chi connectivity index (χ4n) is 11.6. The number of likely N-dealkylation sites (tertiary alicyclic amines) is 1. The predicted molar refractivity (Wildman–Crippen MR) is 350 cm³/mol. The number of phenolic OH excluding ortho intramolecular Hbond substituents is 1. The molecule has 1 fully saturated rings. The van der Waals surface area contributed by atoms with Gasteiger partial charge in [-0.15, -0.1) is 0 Å². The fourth-order valence-corrected chi connectivity index (χ4v) is 11.6. The van der Waals surface area contributed by atoms with Crippen LogP contribution in [0.3, 0.4) is 0 Å². The van der Waals surface area contributed by atoms with Crippen LogP contribution in [-0.4, -0.2) is 179 Å². The third-order valence-corrected chi connectivity index (χ3v) is 16.7. The summed E-state index contributed by atoms with van der Waals surface area (Å²) in [5.74, 6) is -11.0. The summed E-state index contributed by atoms with van der Waals surface area (Å²) in [6.45, 7) is -0.643. The molecule has 0 unspecified atom stereocenters. The third-order valence-electron chi connectivity index (χ3n) is 16.7. The van der Waals surface area contributed by atoms with Crippen LogP contribution in [0.2, 0.25) is 0 Å². The number of benzene rings is 5. The van der Waals surface area contributed by atoms with Gasteiger partial charge >= 0.3 is 11.9 Å². The number of rotatable bonds is 31. The predicted octanol–water partition coefficient (Wildman–Crippen LogP) is 0.749. The molecular formula is C68H75N13O15. The molecule has 0 spiro atoms. The first-order chi connectivity index (χ1) is 46.1. The van der Waals surface area contributed by atoms with Crippen LogP contribution in [0, 0.1) is 0 Å². The molecule has 5 aromatic carbocycles. The number of amides is 9. The number of nitrogens with two attached hydrogens (primary N) is 1. The Morgan fingerprint density at radius 3 is 1.50 bits per heavy atom. The van der Waals surface area contributed by atoms with Gasteiger partial charge in [-0.1, -0.05) is 97.1 Å². The molecule has 9 atom stereocenters. The Morgan fingerprint density at radius 2 is 0.969 bits per heavy atom. The quantitative estimate of drug-likeness (QED) is 0.0285. The average Bonchev–Trinajstić information content (AvgIpc) is 1.69. The third kappa shape index (κ3) is 17.8. The standard InChI is InChI=1S/C68H75N13O15/c1-37(68(95)96)74-65(92)56(36-82)75-58(84)35-73-61(88)52(28-40-32-70-48-17-8-5-14-44(40)48)77-64(91)54(31-59(85)86)79-66(93)57-20-11-25-81(57)67(94)55(30-42-34-72-50-19-10-7-16-46(42)50)80-63(90)53(29-41-33-71-49-18-9-6-15-45(41)49)78-62(89)51(27-38-12-3-2-4-13-38)76-60(87)47(69)26-39-21-23-43(83)24-22-39/h2-10,12-19,21-24,32-34,37,47,51-57,70-72,82-83H,11,20,25-31,35-36,69H2,1H3,(H,73,88)(H,74,92)(H,75,84)(H,76,87)(H,77,91)(H,78,89)(H,79,93)(H,80,90)(H,85,86)(H,95,96)/t37-,47-,51-,52-,53-,54-,55-,56-,57-/m0/s1. The first kappa shape index (κ1) is 69.0. The summed E-state index contributed by atoms with van der Waals surface area (Å²) in [6, 6.07) is 23.4. The molecule has 3 aromatic heterocycles. The number of fused-ring (bicyclic) bond motifs is 3. The van der Waals surface area contributed by atoms with Crippen LogP contribution in [0.1, 0.15) is 54.0 Å². The molecular weight excluding hydrogens is 1240 g/mol. The van der Waals surface area contributed by atoms with Crippen LogP contribution in [0.25, 0.3) is 32.7 Å². The highest BCUT2D eigenvalue weighted by atomic mass is 16.4. The molecule has 1 saturated heterocycles. The number of phenols is 1. The highest BCUT2D eigenvalue weighted by Crippen LogP contribution is 2.26. The van der Waals surface area contributed by atoms with Crippen LogP contribution in [0.4, 0.5) is 0 Å². The molecule has 28 heteroatoms. The van der Waals surface area contributed by atoms with Crippen LogP contribution < -0.4 is 48.3 Å². The number of aromatic hydroxyl groups is 1. The van der Waals surface area contributed by atoms with Gasteiger partial charge in [-0.25, -0.2) is 0 Å². The minimum absolute atomic E-state index is 0.0180. The summed E-state index contributed by atoms with van der Waals surface area (Å²) < 4.78 is 0. The van der Waals surface area contributed by atoms with Crippen molar-refractivity contribution in [2.75, 3.05) is 19.7 Å². The smallest absolute Gasteiger partial charge is 0.325 e. The highest BCUT2D eigenvalue weighted by molar-refractivity contribution is 6.00. The van der Waals surface area contributed by atoms with Gasteiger partial charge in [0.15, 0.2) is 0 Å². The van der Waals surface area contributed by atoms with E-state index in [0.717, 1.165) is 17.8 Å². The van der Waals surface area contributed by atoms with Gasteiger partial charge in [0.1, 0.15) is 54.1 Å². The van der Waals surface area contributed by atoms with Crippen molar-refractivity contribution in [2.45, 2.75) is 113 Å². The number of aliphatic carboxylic acids is 2. The molecule has 0 aliphatic carbocycles. The maximum absolute atomic E-state index is 15.4. The van der Waals surface area contributed by atoms with Crippen molar-refractivity contribution in [3.8, 4) is 5.75 Å². The SMILES string of the molecule is C[C@H](NC(=O)[C@H](CO)NC(=O)CNC(=O)[C@H](Cc1c[nH]c2ccccc12)NC(=O)[C@H](CC(=O)O)NC(=O)[C@@H]1CCCN1C(=O)[C@H](Cc1c[nH]c2ccccc12)NC(=O)[C@H](Cc1c[nH]c2ccccc12)NC(=O)[C@H](Cc1ccccc1)NC(=O)[C@@H](N)Cc1ccc(O)cc1)C(=O)O. The molecule has 96 heavy (non-hydrogen) atoms. The van der Waals surface area contributed by atoms with Crippen molar-refractivity contribution in [3.63, 3.8) is 0 Å². The number of nitrogens with zero attached hydrogens (tertiary/aromatic N) is 1. The molecule has 0 bridgehead atoms. The van der Waals surface area contributed by atoms with Crippen molar-refractivity contribution < 1.29 is 73.2 Å². The van der Waals surface area contributed by atoms with E-state index in [4.69, 9.17) is 5.73 Å². The van der Waals surface area contributed by atoms with Gasteiger partial charge in [-0.2, -0.15) is 0 Å². The van der Waals surface area contributed by atoms with E-state index in [0.29, 0.717) is 49.6 Å². The van der Waals surface area contributed by atoms with Crippen LogP contribution in [-0.2, 0) is 84.8 Å². The number of carbonyl (C=O) groups is 11. The van der Waals surface area contributed by atoms with Gasteiger partial charge in [0.05, 0.1) is 25.6 Å². The lowest BCUT2D eigenvalue weighted by molar-refractivity contribution is -0.144. The Labute approximate surface area is 548 Å². The molecule has 28 nitrogen and oxygen atoms in total. The number of para-hydroxylation sites is 3. The number of hydrogen-bond acceptors (Lipinski definition) is 14. The largest absolute Gasteiger partial charge is 0.508 e. The second kappa shape index (κ2) is 32.0. The second-order valence-electron chi connectivity index (χ2n) is 23.5. The van der Waals surface area contributed by atoms with Gasteiger partial charge in [-0.05, 0) is 84.3 Å². The normalized spacial score (nSPS) is 15.4. The van der Waals surface area contributed by atoms with E-state index in [1.165, 1.54) is 17.0 Å². The fraction of sp³-hybridized carbons (Fsp3) is 0.309. The lowest BCUT2D eigenvalue weighted by Gasteiger charge is -2.31. The molecule has 4 heterocycles. The van der Waals surface area contributed by atoms with E-state index < -0.39 is 139 Å². The Balaban J connectivity index is 0.960. The number of aromatic nitrogens is 3. The van der Waals surface area contributed by atoms with Crippen LogP contribution >= 0.6 is 0 Å². The number of aliphatic hydroxyl groups excluding tert-OH is 1. The number of nitrogens with one attached hydrogen (secondary N) is 11. The summed E-state index contributed by atoms with van der Waals surface area (Å²) in [5, 5.41) is 61.4. The number of carboxylic acid groups (broad SMARTS) is 2. The van der Waals surface area contributed by atoms with Gasteiger partial charge in [-0.3, -0.25) is 52.7 Å². The van der Waals surface area contributed by atoms with Gasteiger partial charge in [0.25, 0.3) is 0 Å². The molecule has 17 N–H and O–H groups in total. The summed E-state index contributed by atoms with van der Waals surface area (Å²) in [6.07, 6.45) is 3.67. The summed E-state index contributed by atoms with van der Waals surface area (Å²) in [7, 11) is 0. The Hall–Kier alpha value is -11.4. The molecule has 8 aromatic rings. The lowest BCUT2D eigenvalue weighted by Crippen LogP contribution is -2.60. The topological polar surface area (TPSA) is 442 Å². The number of aliphatic hydroxyl groups is 1. The molecule has 0 saturated carbocycles. The van der Waals surface area contributed by atoms with Crippen LogP contribution in [0.5, 0.6) is 5.75 Å². The van der Waals surface area contributed by atoms with Gasteiger partial charge < -0.3 is 88.5 Å². The van der Waals surface area contributed by atoms with E-state index in [9.17, 15) is 63.6 Å². The molecule has 502 valence electrons. The van der Waals surface area contributed by atoms with Crippen molar-refractivity contribution >= 4 is 97.8 Å². The summed E-state index contributed by atoms with van der Waals surface area (Å²) in [5.41, 5.74) is 11.5. The lowest BCUT2D eigenvalue weighted by atomic mass is 9.99. The minimum atomic E-state index is -1.88. The zero-order chi connectivity index (χ0) is 68.6. The van der Waals surface area contributed by atoms with Gasteiger partial charge in [0, 0.05) is 83.5 Å². The summed E-state index contributed by atoms with van der Waals surface area (Å²) >= 11 is 0. The average molecular weight is 1310 g/mol. The maximum Gasteiger partial charge on any atom is 0.325 e. The number of aromatic amines is 3. The van der Waals surface area contributed by atoms with E-state index in [2.05, 4.69) is 57.5 Å². The Morgan fingerprint density at radius 1 is 0.510 bits per heavy atom. The van der Waals surface area contributed by atoms with E-state index in [1.807, 2.05) is 36.4 Å². The molecule has 1 aliphatic heterocycles. The number of hydrogen-bond donors (Lipinski definition) is 16.